The highest BCUT2D eigenvalue weighted by Gasteiger charge is 2.21. The van der Waals surface area contributed by atoms with Crippen molar-refractivity contribution in [3.63, 3.8) is 0 Å². The predicted octanol–water partition coefficient (Wildman–Crippen LogP) is 3.43. The number of hydrogen-bond acceptors (Lipinski definition) is 4. The smallest absolute Gasteiger partial charge is 0.272 e. The number of nitriles is 1. The predicted molar refractivity (Wildman–Crippen MR) is 79.3 cm³/mol. The standard InChI is InChI=1S/C13H7Cl3N4O/c14-8-3-1-2-7(11(8)16)10(4-17)20-13(21)12-9(15)5-18-6-19-12/h1-3,5-6,10H,(H,20,21). The Morgan fingerprint density at radius 1 is 1.29 bits per heavy atom. The van der Waals surface area contributed by atoms with Crippen LogP contribution in [0.4, 0.5) is 0 Å². The molecule has 0 aliphatic carbocycles. The van der Waals surface area contributed by atoms with E-state index in [0.29, 0.717) is 10.6 Å². The number of aromatic nitrogens is 2. The van der Waals surface area contributed by atoms with Gasteiger partial charge in [0.2, 0.25) is 0 Å². The van der Waals surface area contributed by atoms with Crippen molar-refractivity contribution < 1.29 is 4.79 Å². The van der Waals surface area contributed by atoms with Crippen LogP contribution in [0.15, 0.2) is 30.7 Å². The van der Waals surface area contributed by atoms with Gasteiger partial charge in [-0.3, -0.25) is 4.79 Å². The van der Waals surface area contributed by atoms with E-state index in [2.05, 4.69) is 15.3 Å². The third-order valence-electron chi connectivity index (χ3n) is 2.58. The molecule has 1 heterocycles. The number of nitrogens with one attached hydrogen (secondary N) is 1. The lowest BCUT2D eigenvalue weighted by molar-refractivity contribution is 0.0940. The zero-order chi connectivity index (χ0) is 15.4. The van der Waals surface area contributed by atoms with E-state index in [-0.39, 0.29) is 15.7 Å². The van der Waals surface area contributed by atoms with E-state index in [9.17, 15) is 10.1 Å². The topological polar surface area (TPSA) is 78.7 Å². The quantitative estimate of drug-likeness (QED) is 0.927. The minimum absolute atomic E-state index is 0.0231. The average Bonchev–Trinajstić information content (AvgIpc) is 2.48. The summed E-state index contributed by atoms with van der Waals surface area (Å²) in [6, 6.07) is 5.79. The summed E-state index contributed by atoms with van der Waals surface area (Å²) >= 11 is 17.8. The zero-order valence-electron chi connectivity index (χ0n) is 10.3. The van der Waals surface area contributed by atoms with Gasteiger partial charge in [-0.25, -0.2) is 9.97 Å². The summed E-state index contributed by atoms with van der Waals surface area (Å²) in [6.07, 6.45) is 2.48. The number of rotatable bonds is 3. The summed E-state index contributed by atoms with van der Waals surface area (Å²) in [4.78, 5) is 19.6. The monoisotopic (exact) mass is 340 g/mol. The summed E-state index contributed by atoms with van der Waals surface area (Å²) in [7, 11) is 0. The molecule has 2 aromatic rings. The van der Waals surface area contributed by atoms with Crippen molar-refractivity contribution in [3.8, 4) is 6.07 Å². The molecule has 0 aliphatic rings. The molecule has 0 spiro atoms. The molecule has 8 heteroatoms. The molecule has 0 saturated heterocycles. The van der Waals surface area contributed by atoms with Gasteiger partial charge in [0.15, 0.2) is 0 Å². The van der Waals surface area contributed by atoms with E-state index < -0.39 is 11.9 Å². The van der Waals surface area contributed by atoms with Crippen LogP contribution in [-0.4, -0.2) is 15.9 Å². The Bertz CT molecular complexity index is 730. The molecule has 0 bridgehead atoms. The summed E-state index contributed by atoms with van der Waals surface area (Å²) in [5.41, 5.74) is 0.371. The lowest BCUT2D eigenvalue weighted by Crippen LogP contribution is -2.28. The average molecular weight is 342 g/mol. The molecule has 21 heavy (non-hydrogen) atoms. The fourth-order valence-electron chi connectivity index (χ4n) is 1.60. The van der Waals surface area contributed by atoms with Gasteiger partial charge < -0.3 is 5.32 Å². The highest BCUT2D eigenvalue weighted by molar-refractivity contribution is 6.42. The molecule has 106 valence electrons. The van der Waals surface area contributed by atoms with Crippen LogP contribution in [0.5, 0.6) is 0 Å². The molecule has 0 fully saturated rings. The first kappa shape index (κ1) is 15.5. The van der Waals surface area contributed by atoms with Gasteiger partial charge in [-0.15, -0.1) is 0 Å². The van der Waals surface area contributed by atoms with Crippen LogP contribution in [0.3, 0.4) is 0 Å². The van der Waals surface area contributed by atoms with E-state index in [1.54, 1.807) is 18.2 Å². The first-order valence-electron chi connectivity index (χ1n) is 5.64. The van der Waals surface area contributed by atoms with Crippen LogP contribution >= 0.6 is 34.8 Å². The number of nitrogens with zero attached hydrogens (tertiary/aromatic N) is 3. The Morgan fingerprint density at radius 3 is 2.71 bits per heavy atom. The largest absolute Gasteiger partial charge is 0.331 e. The lowest BCUT2D eigenvalue weighted by atomic mass is 10.1. The first-order chi connectivity index (χ1) is 10.0. The van der Waals surface area contributed by atoms with Gasteiger partial charge in [-0.1, -0.05) is 46.9 Å². The van der Waals surface area contributed by atoms with Crippen molar-refractivity contribution in [2.75, 3.05) is 0 Å². The fraction of sp³-hybridized carbons (Fsp3) is 0.0769. The summed E-state index contributed by atoms with van der Waals surface area (Å²) in [6.45, 7) is 0. The minimum atomic E-state index is -0.977. The number of carbonyl (C=O) groups is 1. The second kappa shape index (κ2) is 6.72. The van der Waals surface area contributed by atoms with Crippen LogP contribution in [-0.2, 0) is 0 Å². The molecule has 1 amide bonds. The molecule has 1 unspecified atom stereocenters. The van der Waals surface area contributed by atoms with Crippen LogP contribution < -0.4 is 5.32 Å². The molecule has 0 aliphatic heterocycles. The Hall–Kier alpha value is -1.87. The highest BCUT2D eigenvalue weighted by atomic mass is 35.5. The van der Waals surface area contributed by atoms with E-state index in [1.165, 1.54) is 12.5 Å². The van der Waals surface area contributed by atoms with Crippen molar-refractivity contribution in [1.29, 1.82) is 5.26 Å². The number of amides is 1. The van der Waals surface area contributed by atoms with E-state index in [1.807, 2.05) is 6.07 Å². The normalized spacial score (nSPS) is 11.5. The molecular formula is C13H7Cl3N4O. The number of hydrogen-bond donors (Lipinski definition) is 1. The minimum Gasteiger partial charge on any atom is -0.331 e. The van der Waals surface area contributed by atoms with Crippen molar-refractivity contribution in [2.45, 2.75) is 6.04 Å². The van der Waals surface area contributed by atoms with E-state index in [4.69, 9.17) is 34.8 Å². The van der Waals surface area contributed by atoms with Crippen molar-refractivity contribution in [1.82, 2.24) is 15.3 Å². The molecule has 1 aromatic carbocycles. The van der Waals surface area contributed by atoms with Gasteiger partial charge in [0, 0.05) is 11.8 Å². The molecule has 1 atom stereocenters. The third kappa shape index (κ3) is 3.42. The number of carbonyl (C=O) groups excluding carboxylic acids is 1. The van der Waals surface area contributed by atoms with Crippen molar-refractivity contribution >= 4 is 40.7 Å². The first-order valence-corrected chi connectivity index (χ1v) is 6.78. The molecular weight excluding hydrogens is 335 g/mol. The second-order valence-corrected chi connectivity index (χ2v) is 5.09. The maximum atomic E-state index is 12.1. The molecule has 5 nitrogen and oxygen atoms in total. The summed E-state index contributed by atoms with van der Waals surface area (Å²) in [5.74, 6) is -0.606. The Labute approximate surface area is 135 Å². The summed E-state index contributed by atoms with van der Waals surface area (Å²) in [5, 5.41) is 12.3. The van der Waals surface area contributed by atoms with Crippen molar-refractivity contribution in [3.05, 3.63) is 57.0 Å². The molecule has 2 rings (SSSR count). The summed E-state index contributed by atoms with van der Waals surface area (Å²) < 4.78 is 0. The molecule has 1 aromatic heterocycles. The number of benzene rings is 1. The van der Waals surface area contributed by atoms with Crippen molar-refractivity contribution in [2.24, 2.45) is 0 Å². The van der Waals surface area contributed by atoms with Gasteiger partial charge in [-0.05, 0) is 6.07 Å². The Balaban J connectivity index is 2.28. The van der Waals surface area contributed by atoms with E-state index >= 15 is 0 Å². The van der Waals surface area contributed by atoms with Gasteiger partial charge >= 0.3 is 0 Å². The van der Waals surface area contributed by atoms with Crippen LogP contribution in [0.2, 0.25) is 15.1 Å². The second-order valence-electron chi connectivity index (χ2n) is 3.90. The van der Waals surface area contributed by atoms with Gasteiger partial charge in [-0.2, -0.15) is 5.26 Å². The number of halogens is 3. The van der Waals surface area contributed by atoms with Crippen LogP contribution in [0.25, 0.3) is 0 Å². The van der Waals surface area contributed by atoms with Crippen LogP contribution in [0.1, 0.15) is 22.1 Å². The maximum Gasteiger partial charge on any atom is 0.272 e. The molecule has 0 saturated carbocycles. The fourth-order valence-corrected chi connectivity index (χ4v) is 2.21. The molecule has 0 radical (unpaired) electrons. The lowest BCUT2D eigenvalue weighted by Gasteiger charge is -2.14. The SMILES string of the molecule is N#CC(NC(=O)c1ncncc1Cl)c1cccc(Cl)c1Cl. The Morgan fingerprint density at radius 2 is 2.05 bits per heavy atom. The molecule has 1 N–H and O–H groups in total. The van der Waals surface area contributed by atoms with Gasteiger partial charge in [0.05, 0.1) is 21.1 Å². The third-order valence-corrected chi connectivity index (χ3v) is 3.69. The highest BCUT2D eigenvalue weighted by Crippen LogP contribution is 2.29. The maximum absolute atomic E-state index is 12.1. The van der Waals surface area contributed by atoms with Crippen LogP contribution in [0, 0.1) is 11.3 Å². The van der Waals surface area contributed by atoms with E-state index in [0.717, 1.165) is 0 Å². The van der Waals surface area contributed by atoms with Gasteiger partial charge in [0.1, 0.15) is 18.1 Å². The zero-order valence-corrected chi connectivity index (χ0v) is 12.6. The van der Waals surface area contributed by atoms with Gasteiger partial charge in [0.25, 0.3) is 5.91 Å². The Kier molecular flexibility index (Phi) is 4.97.